The van der Waals surface area contributed by atoms with E-state index >= 15 is 0 Å². The zero-order valence-electron chi connectivity index (χ0n) is 11.6. The Morgan fingerprint density at radius 2 is 2.25 bits per heavy atom. The first-order valence-corrected chi connectivity index (χ1v) is 7.94. The molecule has 2 heterocycles. The average molecular weight is 316 g/mol. The van der Waals surface area contributed by atoms with E-state index in [1.54, 1.807) is 0 Å². The summed E-state index contributed by atoms with van der Waals surface area (Å²) in [5.74, 6) is 1.56. The van der Waals surface area contributed by atoms with Crippen LogP contribution in [-0.2, 0) is 17.7 Å². The Morgan fingerprint density at radius 3 is 3.05 bits per heavy atom. The van der Waals surface area contributed by atoms with Gasteiger partial charge < -0.3 is 9.47 Å². The Hall–Kier alpha value is -0.480. The molecule has 0 spiro atoms. The minimum atomic E-state index is 0.112. The number of fused-ring (bicyclic) bond motifs is 1. The van der Waals surface area contributed by atoms with Crippen LogP contribution in [0.25, 0.3) is 0 Å². The second kappa shape index (κ2) is 6.10. The average Bonchev–Trinajstić information content (AvgIpc) is 2.89. The third kappa shape index (κ3) is 2.91. The van der Waals surface area contributed by atoms with Crippen LogP contribution < -0.4 is 4.74 Å². The Labute approximate surface area is 129 Å². The maximum atomic E-state index is 6.22. The molecule has 1 aromatic carbocycles. The molecule has 1 aromatic rings. The standard InChI is InChI=1S/C15H19Cl2NO2/c1-10-9-20-14(6-16)8-18(10)7-12-5-13(17)4-11-2-3-19-15(11)12/h4-5,10,14H,2-3,6-9H2,1H3. The number of hydrogen-bond donors (Lipinski definition) is 0. The molecule has 0 N–H and O–H groups in total. The van der Waals surface area contributed by atoms with Crippen molar-refractivity contribution in [1.29, 1.82) is 0 Å². The molecule has 1 saturated heterocycles. The van der Waals surface area contributed by atoms with Gasteiger partial charge in [-0.05, 0) is 24.6 Å². The Bertz CT molecular complexity index is 495. The summed E-state index contributed by atoms with van der Waals surface area (Å²) in [7, 11) is 0. The molecule has 20 heavy (non-hydrogen) atoms. The van der Waals surface area contributed by atoms with Crippen LogP contribution in [0.3, 0.4) is 0 Å². The van der Waals surface area contributed by atoms with Gasteiger partial charge in [-0.2, -0.15) is 0 Å². The van der Waals surface area contributed by atoms with Gasteiger partial charge >= 0.3 is 0 Å². The number of alkyl halides is 1. The lowest BCUT2D eigenvalue weighted by Crippen LogP contribution is -2.48. The van der Waals surface area contributed by atoms with E-state index in [9.17, 15) is 0 Å². The second-order valence-electron chi connectivity index (χ2n) is 5.54. The maximum Gasteiger partial charge on any atom is 0.127 e. The van der Waals surface area contributed by atoms with E-state index in [0.717, 1.165) is 43.5 Å². The van der Waals surface area contributed by atoms with Gasteiger partial charge in [-0.15, -0.1) is 11.6 Å². The highest BCUT2D eigenvalue weighted by atomic mass is 35.5. The summed E-state index contributed by atoms with van der Waals surface area (Å²) in [6, 6.07) is 4.41. The minimum Gasteiger partial charge on any atom is -0.493 e. The molecule has 5 heteroatoms. The van der Waals surface area contributed by atoms with Crippen LogP contribution in [0.5, 0.6) is 5.75 Å². The van der Waals surface area contributed by atoms with Gasteiger partial charge in [0.05, 0.1) is 19.3 Å². The number of morpholine rings is 1. The van der Waals surface area contributed by atoms with Crippen LogP contribution in [0.2, 0.25) is 5.02 Å². The Kier molecular flexibility index (Phi) is 4.41. The molecule has 1 fully saturated rings. The highest BCUT2D eigenvalue weighted by molar-refractivity contribution is 6.30. The van der Waals surface area contributed by atoms with Crippen molar-refractivity contribution in [3.63, 3.8) is 0 Å². The molecule has 0 aromatic heterocycles. The predicted molar refractivity (Wildman–Crippen MR) is 81.0 cm³/mol. The highest BCUT2D eigenvalue weighted by Crippen LogP contribution is 2.34. The minimum absolute atomic E-state index is 0.112. The lowest BCUT2D eigenvalue weighted by molar-refractivity contribution is -0.0512. The molecule has 2 aliphatic heterocycles. The number of halogens is 2. The lowest BCUT2D eigenvalue weighted by atomic mass is 10.1. The van der Waals surface area contributed by atoms with Crippen molar-refractivity contribution >= 4 is 23.2 Å². The monoisotopic (exact) mass is 315 g/mol. The van der Waals surface area contributed by atoms with E-state index in [1.807, 2.05) is 12.1 Å². The van der Waals surface area contributed by atoms with Gasteiger partial charge in [-0.3, -0.25) is 4.90 Å². The summed E-state index contributed by atoms with van der Waals surface area (Å²) in [6.07, 6.45) is 1.06. The number of rotatable bonds is 3. The molecule has 0 bridgehead atoms. The number of nitrogens with zero attached hydrogens (tertiary/aromatic N) is 1. The molecule has 0 radical (unpaired) electrons. The normalized spacial score (nSPS) is 26.4. The number of benzene rings is 1. The SMILES string of the molecule is CC1COC(CCl)CN1Cc1cc(Cl)cc2c1OCC2. The van der Waals surface area contributed by atoms with E-state index in [0.29, 0.717) is 11.9 Å². The van der Waals surface area contributed by atoms with Crippen molar-refractivity contribution in [2.24, 2.45) is 0 Å². The van der Waals surface area contributed by atoms with Gasteiger partial charge in [0, 0.05) is 42.0 Å². The van der Waals surface area contributed by atoms with Gasteiger partial charge in [0.1, 0.15) is 5.75 Å². The van der Waals surface area contributed by atoms with Crippen LogP contribution in [0.1, 0.15) is 18.1 Å². The molecule has 0 aliphatic carbocycles. The first-order valence-electron chi connectivity index (χ1n) is 7.03. The summed E-state index contributed by atoms with van der Waals surface area (Å²) < 4.78 is 11.5. The molecule has 2 aliphatic rings. The van der Waals surface area contributed by atoms with Crippen LogP contribution in [0, 0.1) is 0 Å². The van der Waals surface area contributed by atoms with Crippen LogP contribution in [0.4, 0.5) is 0 Å². The van der Waals surface area contributed by atoms with Crippen molar-refractivity contribution in [3.8, 4) is 5.75 Å². The zero-order valence-corrected chi connectivity index (χ0v) is 13.1. The van der Waals surface area contributed by atoms with Gasteiger partial charge in [0.2, 0.25) is 0 Å². The van der Waals surface area contributed by atoms with Crippen molar-refractivity contribution in [2.75, 3.05) is 25.6 Å². The predicted octanol–water partition coefficient (Wildman–Crippen LogP) is 3.10. The van der Waals surface area contributed by atoms with Crippen molar-refractivity contribution in [1.82, 2.24) is 4.90 Å². The third-order valence-electron chi connectivity index (χ3n) is 4.01. The van der Waals surface area contributed by atoms with E-state index in [2.05, 4.69) is 11.8 Å². The molecule has 2 unspecified atom stereocenters. The Morgan fingerprint density at radius 1 is 1.40 bits per heavy atom. The van der Waals surface area contributed by atoms with Crippen molar-refractivity contribution in [3.05, 3.63) is 28.3 Å². The first kappa shape index (κ1) is 14.5. The third-order valence-corrected chi connectivity index (χ3v) is 4.57. The molecular weight excluding hydrogens is 297 g/mol. The Balaban J connectivity index is 1.80. The van der Waals surface area contributed by atoms with Crippen LogP contribution in [0.15, 0.2) is 12.1 Å². The fourth-order valence-electron chi connectivity index (χ4n) is 2.87. The largest absolute Gasteiger partial charge is 0.493 e. The molecule has 3 nitrogen and oxygen atoms in total. The fraction of sp³-hybridized carbons (Fsp3) is 0.600. The van der Waals surface area contributed by atoms with Gasteiger partial charge in [-0.25, -0.2) is 0 Å². The summed E-state index contributed by atoms with van der Waals surface area (Å²) in [6.45, 7) is 5.34. The van der Waals surface area contributed by atoms with Crippen LogP contribution >= 0.6 is 23.2 Å². The van der Waals surface area contributed by atoms with Gasteiger partial charge in [-0.1, -0.05) is 11.6 Å². The first-order chi connectivity index (χ1) is 9.67. The molecule has 110 valence electrons. The zero-order chi connectivity index (χ0) is 14.1. The van der Waals surface area contributed by atoms with Crippen molar-refractivity contribution in [2.45, 2.75) is 32.0 Å². The van der Waals surface area contributed by atoms with E-state index < -0.39 is 0 Å². The van der Waals surface area contributed by atoms with E-state index in [4.69, 9.17) is 32.7 Å². The number of hydrogen-bond acceptors (Lipinski definition) is 3. The molecule has 2 atom stereocenters. The fourth-order valence-corrected chi connectivity index (χ4v) is 3.32. The van der Waals surface area contributed by atoms with E-state index in [1.165, 1.54) is 11.1 Å². The molecule has 0 amide bonds. The van der Waals surface area contributed by atoms with Crippen molar-refractivity contribution < 1.29 is 9.47 Å². The second-order valence-corrected chi connectivity index (χ2v) is 6.28. The summed E-state index contributed by atoms with van der Waals surface area (Å²) in [4.78, 5) is 2.39. The summed E-state index contributed by atoms with van der Waals surface area (Å²) >= 11 is 12.1. The number of ether oxygens (including phenoxy) is 2. The van der Waals surface area contributed by atoms with Gasteiger partial charge in [0.25, 0.3) is 0 Å². The summed E-state index contributed by atoms with van der Waals surface area (Å²) in [5, 5.41) is 0.791. The molecular formula is C15H19Cl2NO2. The van der Waals surface area contributed by atoms with Crippen LogP contribution in [-0.4, -0.2) is 42.7 Å². The van der Waals surface area contributed by atoms with E-state index in [-0.39, 0.29) is 6.10 Å². The quantitative estimate of drug-likeness (QED) is 0.800. The topological polar surface area (TPSA) is 21.7 Å². The highest BCUT2D eigenvalue weighted by Gasteiger charge is 2.27. The van der Waals surface area contributed by atoms with Gasteiger partial charge in [0.15, 0.2) is 0 Å². The lowest BCUT2D eigenvalue weighted by Gasteiger charge is -2.37. The summed E-state index contributed by atoms with van der Waals surface area (Å²) in [5.41, 5.74) is 2.40. The smallest absolute Gasteiger partial charge is 0.127 e. The molecule has 0 saturated carbocycles. The molecule has 3 rings (SSSR count). The maximum absolute atomic E-state index is 6.22.